The highest BCUT2D eigenvalue weighted by Gasteiger charge is 2.11. The van der Waals surface area contributed by atoms with Gasteiger partial charge in [-0.05, 0) is 25.8 Å². The highest BCUT2D eigenvalue weighted by atomic mass is 16.5. The van der Waals surface area contributed by atoms with Crippen LogP contribution in [0.25, 0.3) is 0 Å². The van der Waals surface area contributed by atoms with E-state index in [1.165, 1.54) is 18.0 Å². The molecule has 0 aliphatic heterocycles. The number of hydrogen-bond acceptors (Lipinski definition) is 6. The standard InChI is InChI=1S/C14H21N7O3/c1-9-11(10(2)20(3)18-9)5-6-15-13(22)8-21-7-12(17-19-21)16-14(23)24-4/h7H,5-6,8H2,1-4H3,(H,15,22)(H,16,23). The zero-order chi connectivity index (χ0) is 17.7. The maximum Gasteiger partial charge on any atom is 0.412 e. The van der Waals surface area contributed by atoms with Crippen molar-refractivity contribution in [3.63, 3.8) is 0 Å². The van der Waals surface area contributed by atoms with Crippen molar-refractivity contribution in [3.05, 3.63) is 23.1 Å². The fraction of sp³-hybridized carbons (Fsp3) is 0.500. The fourth-order valence-electron chi connectivity index (χ4n) is 2.30. The van der Waals surface area contributed by atoms with Crippen LogP contribution in [-0.4, -0.2) is 50.4 Å². The Balaban J connectivity index is 1.80. The van der Waals surface area contributed by atoms with Gasteiger partial charge in [0.1, 0.15) is 6.54 Å². The van der Waals surface area contributed by atoms with Crippen LogP contribution in [-0.2, 0) is 29.5 Å². The molecule has 2 amide bonds. The summed E-state index contributed by atoms with van der Waals surface area (Å²) in [5, 5.41) is 17.0. The molecule has 10 heteroatoms. The van der Waals surface area contributed by atoms with E-state index >= 15 is 0 Å². The first-order chi connectivity index (χ1) is 11.4. The van der Waals surface area contributed by atoms with Gasteiger partial charge in [-0.25, -0.2) is 9.48 Å². The number of amides is 2. The Morgan fingerprint density at radius 1 is 1.33 bits per heavy atom. The van der Waals surface area contributed by atoms with Crippen molar-refractivity contribution in [1.82, 2.24) is 30.1 Å². The molecule has 0 spiro atoms. The van der Waals surface area contributed by atoms with Gasteiger partial charge in [0, 0.05) is 19.3 Å². The van der Waals surface area contributed by atoms with E-state index in [0.29, 0.717) is 13.0 Å². The summed E-state index contributed by atoms with van der Waals surface area (Å²) < 4.78 is 7.61. The van der Waals surface area contributed by atoms with Crippen LogP contribution in [0.4, 0.5) is 10.6 Å². The third kappa shape index (κ3) is 4.31. The van der Waals surface area contributed by atoms with E-state index in [0.717, 1.165) is 17.0 Å². The molecular formula is C14H21N7O3. The number of aromatic nitrogens is 5. The molecule has 0 aliphatic rings. The van der Waals surface area contributed by atoms with E-state index in [2.05, 4.69) is 30.8 Å². The van der Waals surface area contributed by atoms with Gasteiger partial charge in [-0.15, -0.1) is 5.10 Å². The Bertz CT molecular complexity index is 735. The summed E-state index contributed by atoms with van der Waals surface area (Å²) in [6.45, 7) is 4.48. The Morgan fingerprint density at radius 2 is 2.08 bits per heavy atom. The van der Waals surface area contributed by atoms with Crippen LogP contribution >= 0.6 is 0 Å². The van der Waals surface area contributed by atoms with Crippen molar-refractivity contribution in [2.24, 2.45) is 7.05 Å². The molecule has 2 heterocycles. The van der Waals surface area contributed by atoms with Gasteiger partial charge in [0.15, 0.2) is 5.82 Å². The second-order valence-corrected chi connectivity index (χ2v) is 5.29. The number of anilines is 1. The number of nitrogens with one attached hydrogen (secondary N) is 2. The van der Waals surface area contributed by atoms with Gasteiger partial charge in [0.25, 0.3) is 0 Å². The van der Waals surface area contributed by atoms with Gasteiger partial charge < -0.3 is 10.1 Å². The summed E-state index contributed by atoms with van der Waals surface area (Å²) in [5.41, 5.74) is 3.21. The van der Waals surface area contributed by atoms with Crippen LogP contribution in [0.1, 0.15) is 17.0 Å². The highest BCUT2D eigenvalue weighted by Crippen LogP contribution is 2.11. The first kappa shape index (κ1) is 17.4. The summed E-state index contributed by atoms with van der Waals surface area (Å²) in [4.78, 5) is 23.0. The molecule has 0 atom stereocenters. The SMILES string of the molecule is COC(=O)Nc1cn(CC(=O)NCCc2c(C)nn(C)c2C)nn1. The van der Waals surface area contributed by atoms with Gasteiger partial charge in [0.05, 0.1) is 19.0 Å². The number of carbonyl (C=O) groups is 2. The maximum absolute atomic E-state index is 11.9. The number of rotatable bonds is 6. The quantitative estimate of drug-likeness (QED) is 0.777. The Kier molecular flexibility index (Phi) is 5.51. The Hall–Kier alpha value is -2.91. The van der Waals surface area contributed by atoms with Gasteiger partial charge in [-0.3, -0.25) is 14.8 Å². The number of carbonyl (C=O) groups excluding carboxylic acids is 2. The predicted octanol–water partition coefficient (Wildman–Crippen LogP) is 0.166. The molecule has 2 rings (SSSR count). The van der Waals surface area contributed by atoms with Crippen molar-refractivity contribution < 1.29 is 14.3 Å². The van der Waals surface area contributed by atoms with Gasteiger partial charge >= 0.3 is 6.09 Å². The zero-order valence-electron chi connectivity index (χ0n) is 14.2. The summed E-state index contributed by atoms with van der Waals surface area (Å²) in [5.74, 6) is 0.0278. The van der Waals surface area contributed by atoms with E-state index in [1.54, 1.807) is 0 Å². The first-order valence-electron chi connectivity index (χ1n) is 7.41. The molecule has 0 saturated heterocycles. The van der Waals surface area contributed by atoms with Crippen LogP contribution in [0.3, 0.4) is 0 Å². The fourth-order valence-corrected chi connectivity index (χ4v) is 2.30. The summed E-state index contributed by atoms with van der Waals surface area (Å²) in [7, 11) is 3.15. The number of aryl methyl sites for hydroxylation is 2. The molecule has 0 fully saturated rings. The smallest absolute Gasteiger partial charge is 0.412 e. The predicted molar refractivity (Wildman–Crippen MR) is 85.4 cm³/mol. The van der Waals surface area contributed by atoms with E-state index in [9.17, 15) is 9.59 Å². The summed E-state index contributed by atoms with van der Waals surface area (Å²) in [6, 6.07) is 0. The largest absolute Gasteiger partial charge is 0.453 e. The molecule has 2 aromatic rings. The third-order valence-corrected chi connectivity index (χ3v) is 3.62. The Morgan fingerprint density at radius 3 is 2.71 bits per heavy atom. The zero-order valence-corrected chi connectivity index (χ0v) is 14.2. The van der Waals surface area contributed by atoms with Crippen molar-refractivity contribution in [1.29, 1.82) is 0 Å². The lowest BCUT2D eigenvalue weighted by molar-refractivity contribution is -0.121. The van der Waals surface area contributed by atoms with Gasteiger partial charge in [0.2, 0.25) is 5.91 Å². The van der Waals surface area contributed by atoms with E-state index in [4.69, 9.17) is 0 Å². The van der Waals surface area contributed by atoms with Crippen LogP contribution < -0.4 is 10.6 Å². The molecule has 0 bridgehead atoms. The van der Waals surface area contributed by atoms with Crippen LogP contribution in [0.2, 0.25) is 0 Å². The molecule has 2 N–H and O–H groups in total. The molecule has 130 valence electrons. The van der Waals surface area contributed by atoms with Crippen LogP contribution in [0, 0.1) is 13.8 Å². The maximum atomic E-state index is 11.9. The van der Waals surface area contributed by atoms with Crippen LogP contribution in [0.15, 0.2) is 6.20 Å². The normalized spacial score (nSPS) is 10.5. The average Bonchev–Trinajstić information content (AvgIpc) is 3.06. The molecule has 0 saturated carbocycles. The van der Waals surface area contributed by atoms with E-state index in [1.807, 2.05) is 25.6 Å². The lowest BCUT2D eigenvalue weighted by Crippen LogP contribution is -2.29. The van der Waals surface area contributed by atoms with Crippen molar-refractivity contribution >= 4 is 17.8 Å². The minimum Gasteiger partial charge on any atom is -0.453 e. The molecule has 10 nitrogen and oxygen atoms in total. The van der Waals surface area contributed by atoms with Crippen molar-refractivity contribution in [3.8, 4) is 0 Å². The van der Waals surface area contributed by atoms with Crippen molar-refractivity contribution in [2.45, 2.75) is 26.8 Å². The molecule has 2 aromatic heterocycles. The third-order valence-electron chi connectivity index (χ3n) is 3.62. The molecule has 0 radical (unpaired) electrons. The summed E-state index contributed by atoms with van der Waals surface area (Å²) in [6.07, 6.45) is 1.52. The highest BCUT2D eigenvalue weighted by molar-refractivity contribution is 5.82. The average molecular weight is 335 g/mol. The first-order valence-corrected chi connectivity index (χ1v) is 7.41. The van der Waals surface area contributed by atoms with Gasteiger partial charge in [-0.2, -0.15) is 5.10 Å². The number of nitrogens with zero attached hydrogens (tertiary/aromatic N) is 5. The molecule has 0 aliphatic carbocycles. The minimum absolute atomic E-state index is 0.0147. The molecular weight excluding hydrogens is 314 g/mol. The monoisotopic (exact) mass is 335 g/mol. The second kappa shape index (κ2) is 7.57. The number of methoxy groups -OCH3 is 1. The lowest BCUT2D eigenvalue weighted by atomic mass is 10.1. The van der Waals surface area contributed by atoms with Crippen molar-refractivity contribution in [2.75, 3.05) is 19.0 Å². The molecule has 24 heavy (non-hydrogen) atoms. The Labute approximate surface area is 139 Å². The van der Waals surface area contributed by atoms with E-state index in [-0.39, 0.29) is 18.3 Å². The molecule has 0 aromatic carbocycles. The van der Waals surface area contributed by atoms with Gasteiger partial charge in [-0.1, -0.05) is 5.21 Å². The second-order valence-electron chi connectivity index (χ2n) is 5.29. The minimum atomic E-state index is -0.645. The van der Waals surface area contributed by atoms with Crippen LogP contribution in [0.5, 0.6) is 0 Å². The lowest BCUT2D eigenvalue weighted by Gasteiger charge is -2.05. The topological polar surface area (TPSA) is 116 Å². The molecule has 0 unspecified atom stereocenters. The number of ether oxygens (including phenoxy) is 1. The number of hydrogen-bond donors (Lipinski definition) is 2. The van der Waals surface area contributed by atoms with E-state index < -0.39 is 6.09 Å². The summed E-state index contributed by atoms with van der Waals surface area (Å²) >= 11 is 0.